The van der Waals surface area contributed by atoms with E-state index in [1.165, 1.54) is 6.07 Å². The lowest BCUT2D eigenvalue weighted by Gasteiger charge is -2.10. The van der Waals surface area contributed by atoms with Gasteiger partial charge >= 0.3 is 6.18 Å². The minimum absolute atomic E-state index is 0.0176. The molecule has 0 spiro atoms. The predicted octanol–water partition coefficient (Wildman–Crippen LogP) is 6.52. The van der Waals surface area contributed by atoms with Crippen molar-refractivity contribution < 1.29 is 22.4 Å². The van der Waals surface area contributed by atoms with Gasteiger partial charge in [0.1, 0.15) is 5.76 Å². The molecule has 1 amide bonds. The Morgan fingerprint density at radius 3 is 2.35 bits per heavy atom. The Labute approximate surface area is 156 Å². The Bertz CT molecular complexity index is 967. The van der Waals surface area contributed by atoms with Crippen LogP contribution in [-0.4, -0.2) is 5.91 Å². The van der Waals surface area contributed by atoms with Crippen molar-refractivity contribution in [3.63, 3.8) is 0 Å². The Morgan fingerprint density at radius 1 is 0.962 bits per heavy atom. The molecule has 0 aliphatic heterocycles. The molecule has 3 aromatic rings. The molecule has 1 heterocycles. The molecule has 0 aliphatic rings. The molecule has 2 aromatic carbocycles. The van der Waals surface area contributed by atoms with Gasteiger partial charge in [0.15, 0.2) is 5.76 Å². The highest BCUT2D eigenvalue weighted by atomic mass is 35.5. The molecule has 0 radical (unpaired) electrons. The summed E-state index contributed by atoms with van der Waals surface area (Å²) in [7, 11) is 0. The number of amides is 1. The highest BCUT2D eigenvalue weighted by Crippen LogP contribution is 2.36. The second-order valence-corrected chi connectivity index (χ2v) is 6.10. The van der Waals surface area contributed by atoms with E-state index < -0.39 is 22.7 Å². The predicted molar refractivity (Wildman–Crippen MR) is 93.6 cm³/mol. The number of nitrogens with one attached hydrogen (secondary N) is 1. The summed E-state index contributed by atoms with van der Waals surface area (Å²) in [6, 6.07) is 12.9. The van der Waals surface area contributed by atoms with Gasteiger partial charge in [0.25, 0.3) is 5.91 Å². The molecule has 1 aromatic heterocycles. The number of carbonyl (C=O) groups is 1. The number of benzene rings is 2. The van der Waals surface area contributed by atoms with Crippen LogP contribution in [0.15, 0.2) is 59.0 Å². The summed E-state index contributed by atoms with van der Waals surface area (Å²) in [6.07, 6.45) is -4.56. The van der Waals surface area contributed by atoms with E-state index in [0.29, 0.717) is 16.3 Å². The summed E-state index contributed by atoms with van der Waals surface area (Å²) >= 11 is 11.7. The molecule has 0 atom stereocenters. The van der Waals surface area contributed by atoms with Gasteiger partial charge in [-0.3, -0.25) is 4.79 Å². The second-order valence-electron chi connectivity index (χ2n) is 5.29. The van der Waals surface area contributed by atoms with Crippen LogP contribution in [0.3, 0.4) is 0 Å². The van der Waals surface area contributed by atoms with E-state index in [-0.39, 0.29) is 11.4 Å². The number of alkyl halides is 3. The standard InChI is InChI=1S/C18H10Cl2F3NO2/c19-13-4-2-1-3-11(13)15-7-8-16(26-15)17(25)24-10-5-6-12(14(20)9-10)18(21,22)23/h1-9H,(H,24,25). The van der Waals surface area contributed by atoms with E-state index >= 15 is 0 Å². The fraction of sp³-hybridized carbons (Fsp3) is 0.0556. The molecule has 3 nitrogen and oxygen atoms in total. The first-order chi connectivity index (χ1) is 12.3. The Hall–Kier alpha value is -2.44. The number of anilines is 1. The van der Waals surface area contributed by atoms with Crippen LogP contribution in [-0.2, 0) is 6.18 Å². The molecule has 26 heavy (non-hydrogen) atoms. The molecule has 0 saturated carbocycles. The molecular weight excluding hydrogens is 390 g/mol. The van der Waals surface area contributed by atoms with E-state index in [4.69, 9.17) is 27.6 Å². The van der Waals surface area contributed by atoms with Crippen LogP contribution < -0.4 is 5.32 Å². The molecule has 0 aliphatic carbocycles. The fourth-order valence-corrected chi connectivity index (χ4v) is 2.80. The quantitative estimate of drug-likeness (QED) is 0.544. The summed E-state index contributed by atoms with van der Waals surface area (Å²) in [5, 5.41) is 2.39. The van der Waals surface area contributed by atoms with Crippen molar-refractivity contribution in [3.8, 4) is 11.3 Å². The highest BCUT2D eigenvalue weighted by molar-refractivity contribution is 6.33. The normalized spacial score (nSPS) is 11.4. The topological polar surface area (TPSA) is 42.2 Å². The number of hydrogen-bond acceptors (Lipinski definition) is 2. The maximum atomic E-state index is 12.7. The monoisotopic (exact) mass is 399 g/mol. The number of furan rings is 1. The molecule has 0 bridgehead atoms. The SMILES string of the molecule is O=C(Nc1ccc(C(F)(F)F)c(Cl)c1)c1ccc(-c2ccccc2Cl)o1. The lowest BCUT2D eigenvalue weighted by atomic mass is 10.2. The van der Waals surface area contributed by atoms with E-state index in [1.54, 1.807) is 30.3 Å². The van der Waals surface area contributed by atoms with E-state index in [0.717, 1.165) is 18.2 Å². The first-order valence-corrected chi connectivity index (χ1v) is 8.04. The van der Waals surface area contributed by atoms with Gasteiger partial charge in [-0.25, -0.2) is 0 Å². The van der Waals surface area contributed by atoms with Crippen LogP contribution in [0.4, 0.5) is 18.9 Å². The average Bonchev–Trinajstić information content (AvgIpc) is 3.04. The molecule has 8 heteroatoms. The number of carbonyl (C=O) groups excluding carboxylic acids is 1. The molecule has 134 valence electrons. The third-order valence-corrected chi connectivity index (χ3v) is 4.14. The van der Waals surface area contributed by atoms with Gasteiger partial charge < -0.3 is 9.73 Å². The summed E-state index contributed by atoms with van der Waals surface area (Å²) < 4.78 is 43.6. The van der Waals surface area contributed by atoms with Crippen molar-refractivity contribution in [2.24, 2.45) is 0 Å². The smallest absolute Gasteiger partial charge is 0.417 e. The first-order valence-electron chi connectivity index (χ1n) is 7.28. The molecular formula is C18H10Cl2F3NO2. The minimum atomic E-state index is -4.56. The summed E-state index contributed by atoms with van der Waals surface area (Å²) in [6.45, 7) is 0. The third-order valence-electron chi connectivity index (χ3n) is 3.50. The fourth-order valence-electron chi connectivity index (χ4n) is 2.28. The maximum absolute atomic E-state index is 12.7. The van der Waals surface area contributed by atoms with Gasteiger partial charge in [-0.2, -0.15) is 13.2 Å². The van der Waals surface area contributed by atoms with Crippen molar-refractivity contribution in [3.05, 3.63) is 76.0 Å². The van der Waals surface area contributed by atoms with Gasteiger partial charge in [0, 0.05) is 11.3 Å². The highest BCUT2D eigenvalue weighted by Gasteiger charge is 2.33. The van der Waals surface area contributed by atoms with Crippen molar-refractivity contribution in [2.45, 2.75) is 6.18 Å². The molecule has 0 fully saturated rings. The molecule has 0 saturated heterocycles. The molecule has 3 rings (SSSR count). The lowest BCUT2D eigenvalue weighted by Crippen LogP contribution is -2.12. The van der Waals surface area contributed by atoms with Gasteiger partial charge in [-0.05, 0) is 42.5 Å². The van der Waals surface area contributed by atoms with Crippen molar-refractivity contribution >= 4 is 34.8 Å². The first kappa shape index (κ1) is 18.4. The van der Waals surface area contributed by atoms with Crippen LogP contribution in [0.2, 0.25) is 10.0 Å². The van der Waals surface area contributed by atoms with Crippen molar-refractivity contribution in [2.75, 3.05) is 5.32 Å². The summed E-state index contributed by atoms with van der Waals surface area (Å²) in [5.74, 6) is -0.249. The van der Waals surface area contributed by atoms with E-state index in [9.17, 15) is 18.0 Å². The second kappa shape index (κ2) is 7.05. The van der Waals surface area contributed by atoms with Gasteiger partial charge in [-0.1, -0.05) is 35.3 Å². The maximum Gasteiger partial charge on any atom is 0.417 e. The summed E-state index contributed by atoms with van der Waals surface area (Å²) in [4.78, 5) is 12.2. The van der Waals surface area contributed by atoms with Crippen molar-refractivity contribution in [1.29, 1.82) is 0 Å². The van der Waals surface area contributed by atoms with Crippen LogP contribution in [0.25, 0.3) is 11.3 Å². The van der Waals surface area contributed by atoms with Gasteiger partial charge in [0.05, 0.1) is 15.6 Å². The van der Waals surface area contributed by atoms with Crippen LogP contribution >= 0.6 is 23.2 Å². The van der Waals surface area contributed by atoms with E-state index in [2.05, 4.69) is 5.32 Å². The Morgan fingerprint density at radius 2 is 1.69 bits per heavy atom. The lowest BCUT2D eigenvalue weighted by molar-refractivity contribution is -0.137. The Kier molecular flexibility index (Phi) is 4.98. The average molecular weight is 400 g/mol. The zero-order valence-electron chi connectivity index (χ0n) is 12.9. The largest absolute Gasteiger partial charge is 0.451 e. The minimum Gasteiger partial charge on any atom is -0.451 e. The van der Waals surface area contributed by atoms with Crippen LogP contribution in [0.5, 0.6) is 0 Å². The number of hydrogen-bond donors (Lipinski definition) is 1. The molecule has 1 N–H and O–H groups in total. The Balaban J connectivity index is 1.79. The molecule has 0 unspecified atom stereocenters. The zero-order chi connectivity index (χ0) is 18.9. The van der Waals surface area contributed by atoms with Gasteiger partial charge in [-0.15, -0.1) is 0 Å². The van der Waals surface area contributed by atoms with Crippen molar-refractivity contribution in [1.82, 2.24) is 0 Å². The van der Waals surface area contributed by atoms with Crippen LogP contribution in [0.1, 0.15) is 16.1 Å². The third kappa shape index (κ3) is 3.86. The van der Waals surface area contributed by atoms with E-state index in [1.807, 2.05) is 0 Å². The number of halogens is 5. The van der Waals surface area contributed by atoms with Gasteiger partial charge in [0.2, 0.25) is 0 Å². The zero-order valence-corrected chi connectivity index (χ0v) is 14.4. The summed E-state index contributed by atoms with van der Waals surface area (Å²) in [5.41, 5.74) is -0.245. The van der Waals surface area contributed by atoms with Crippen LogP contribution in [0, 0.1) is 0 Å². The number of rotatable bonds is 3.